The predicted octanol–water partition coefficient (Wildman–Crippen LogP) is 3.90. The average molecular weight is 416 g/mol. The van der Waals surface area contributed by atoms with Crippen molar-refractivity contribution in [1.29, 1.82) is 5.26 Å². The highest BCUT2D eigenvalue weighted by molar-refractivity contribution is 7.99. The molecule has 1 atom stereocenters. The highest BCUT2D eigenvalue weighted by atomic mass is 32.2. The molecule has 1 amide bonds. The van der Waals surface area contributed by atoms with Gasteiger partial charge in [-0.15, -0.1) is 10.2 Å². The number of methoxy groups -OCH3 is 1. The van der Waals surface area contributed by atoms with Crippen molar-refractivity contribution in [2.45, 2.75) is 57.8 Å². The van der Waals surface area contributed by atoms with Crippen molar-refractivity contribution in [2.75, 3.05) is 12.9 Å². The van der Waals surface area contributed by atoms with Crippen LogP contribution in [-0.2, 0) is 11.3 Å². The second-order valence-electron chi connectivity index (χ2n) is 7.35. The molecule has 156 valence electrons. The molecular weight excluding hydrogens is 386 g/mol. The lowest BCUT2D eigenvalue weighted by Crippen LogP contribution is -2.49. The lowest BCUT2D eigenvalue weighted by molar-refractivity contribution is -0.120. The Morgan fingerprint density at radius 3 is 2.59 bits per heavy atom. The zero-order chi connectivity index (χ0) is 21.4. The average Bonchev–Trinajstić information content (AvgIpc) is 3.13. The van der Waals surface area contributed by atoms with Crippen molar-refractivity contribution in [3.8, 4) is 23.2 Å². The third-order valence-corrected chi connectivity index (χ3v) is 5.89. The van der Waals surface area contributed by atoms with Crippen molar-refractivity contribution >= 4 is 17.7 Å². The lowest BCUT2D eigenvalue weighted by atomic mass is 9.90. The molecule has 1 N–H and O–H groups in total. The summed E-state index contributed by atoms with van der Waals surface area (Å²) in [6, 6.07) is 9.88. The fourth-order valence-corrected chi connectivity index (χ4v) is 3.39. The number of hydrogen-bond acceptors (Lipinski definition) is 6. The molecule has 2 rings (SSSR count). The number of amides is 1. The number of unbranched alkanes of at least 4 members (excludes halogenated alkanes) is 1. The van der Waals surface area contributed by atoms with Crippen molar-refractivity contribution in [2.24, 2.45) is 5.92 Å². The fourth-order valence-electron chi connectivity index (χ4n) is 2.62. The van der Waals surface area contributed by atoms with Crippen LogP contribution in [0.1, 0.15) is 40.5 Å². The predicted molar refractivity (Wildman–Crippen MR) is 115 cm³/mol. The van der Waals surface area contributed by atoms with Crippen LogP contribution in [0.4, 0.5) is 0 Å². The first-order valence-electron chi connectivity index (χ1n) is 9.77. The topological polar surface area (TPSA) is 92.8 Å². The molecule has 0 saturated heterocycles. The first-order valence-corrected chi connectivity index (χ1v) is 10.8. The van der Waals surface area contributed by atoms with Gasteiger partial charge in [0.25, 0.3) is 0 Å². The molecule has 0 spiro atoms. The Bertz CT molecular complexity index is 857. The van der Waals surface area contributed by atoms with E-state index in [4.69, 9.17) is 4.74 Å². The molecule has 1 aromatic heterocycles. The molecule has 29 heavy (non-hydrogen) atoms. The molecule has 1 heterocycles. The lowest BCUT2D eigenvalue weighted by Gasteiger charge is -2.27. The van der Waals surface area contributed by atoms with Gasteiger partial charge in [-0.1, -0.05) is 39.0 Å². The minimum absolute atomic E-state index is 0.0105. The number of nitrogens with zero attached hydrogens (tertiary/aromatic N) is 4. The number of ether oxygens (including phenoxy) is 1. The van der Waals surface area contributed by atoms with E-state index in [0.717, 1.165) is 36.5 Å². The maximum atomic E-state index is 12.4. The van der Waals surface area contributed by atoms with E-state index in [1.165, 1.54) is 11.8 Å². The number of nitriles is 1. The molecule has 0 aliphatic rings. The molecule has 2 aromatic rings. The van der Waals surface area contributed by atoms with Crippen molar-refractivity contribution < 1.29 is 9.53 Å². The van der Waals surface area contributed by atoms with Gasteiger partial charge in [-0.05, 0) is 43.5 Å². The Balaban J connectivity index is 2.17. The number of aromatic nitrogens is 3. The highest BCUT2D eigenvalue weighted by Crippen LogP contribution is 2.26. The largest absolute Gasteiger partial charge is 0.497 e. The zero-order valence-electron chi connectivity index (χ0n) is 17.7. The summed E-state index contributed by atoms with van der Waals surface area (Å²) in [6.45, 7) is 8.48. The summed E-state index contributed by atoms with van der Waals surface area (Å²) in [5.41, 5.74) is 0.0597. The molecular formula is C21H29N5O2S. The van der Waals surface area contributed by atoms with Crippen LogP contribution in [0, 0.1) is 17.2 Å². The van der Waals surface area contributed by atoms with Gasteiger partial charge in [0.2, 0.25) is 5.91 Å². The molecule has 8 heteroatoms. The molecule has 0 aliphatic heterocycles. The maximum Gasteiger partial charge on any atom is 0.231 e. The van der Waals surface area contributed by atoms with E-state index in [2.05, 4.69) is 33.1 Å². The number of carbonyl (C=O) groups excluding carboxylic acids is 1. The summed E-state index contributed by atoms with van der Waals surface area (Å²) >= 11 is 1.33. The second kappa shape index (κ2) is 10.3. The summed E-state index contributed by atoms with van der Waals surface area (Å²) in [4.78, 5) is 12.4. The van der Waals surface area contributed by atoms with Gasteiger partial charge in [0.05, 0.1) is 18.9 Å². The molecule has 1 aromatic carbocycles. The van der Waals surface area contributed by atoms with Crippen LogP contribution >= 0.6 is 11.8 Å². The van der Waals surface area contributed by atoms with Gasteiger partial charge in [-0.25, -0.2) is 0 Å². The Kier molecular flexibility index (Phi) is 8.09. The van der Waals surface area contributed by atoms with E-state index >= 15 is 0 Å². The van der Waals surface area contributed by atoms with E-state index in [1.54, 1.807) is 14.0 Å². The van der Waals surface area contributed by atoms with E-state index in [0.29, 0.717) is 5.16 Å². The molecule has 0 radical (unpaired) electrons. The normalized spacial score (nSPS) is 13.0. The number of rotatable bonds is 10. The highest BCUT2D eigenvalue weighted by Gasteiger charge is 2.30. The Morgan fingerprint density at radius 2 is 2.03 bits per heavy atom. The number of benzene rings is 1. The zero-order valence-corrected chi connectivity index (χ0v) is 18.5. The number of carbonyl (C=O) groups is 1. The van der Waals surface area contributed by atoms with E-state index in [-0.39, 0.29) is 17.6 Å². The van der Waals surface area contributed by atoms with E-state index in [1.807, 2.05) is 38.1 Å². The summed E-state index contributed by atoms with van der Waals surface area (Å²) in [7, 11) is 1.63. The van der Waals surface area contributed by atoms with Crippen LogP contribution in [0.2, 0.25) is 0 Å². The Labute approximate surface area is 176 Å². The van der Waals surface area contributed by atoms with Crippen molar-refractivity contribution in [3.63, 3.8) is 0 Å². The number of thioether (sulfide) groups is 1. The van der Waals surface area contributed by atoms with Crippen LogP contribution < -0.4 is 10.1 Å². The third-order valence-electron chi connectivity index (χ3n) is 4.92. The minimum atomic E-state index is -0.887. The van der Waals surface area contributed by atoms with Crippen LogP contribution in [0.25, 0.3) is 11.4 Å². The molecule has 7 nitrogen and oxygen atoms in total. The first kappa shape index (κ1) is 22.8. The standard InChI is InChI=1S/C21H29N5O2S/c1-6-7-12-26-19(16-8-10-17(28-5)11-9-16)24-25-20(26)29-13-18(27)23-21(4,14-22)15(2)3/h8-11,15H,6-7,12-13H2,1-5H3,(H,23,27)/t21-/m1/s1. The summed E-state index contributed by atoms with van der Waals surface area (Å²) < 4.78 is 7.27. The summed E-state index contributed by atoms with van der Waals surface area (Å²) in [5, 5.41) is 21.6. The Hall–Kier alpha value is -2.53. The molecule has 0 unspecified atom stereocenters. The van der Waals surface area contributed by atoms with Crippen molar-refractivity contribution in [3.05, 3.63) is 24.3 Å². The van der Waals surface area contributed by atoms with Gasteiger partial charge < -0.3 is 14.6 Å². The number of nitrogens with one attached hydrogen (secondary N) is 1. The smallest absolute Gasteiger partial charge is 0.231 e. The number of hydrogen-bond donors (Lipinski definition) is 1. The maximum absolute atomic E-state index is 12.4. The van der Waals surface area contributed by atoms with Gasteiger partial charge in [0, 0.05) is 12.1 Å². The summed E-state index contributed by atoms with van der Waals surface area (Å²) in [6.07, 6.45) is 2.03. The monoisotopic (exact) mass is 415 g/mol. The van der Waals surface area contributed by atoms with Crippen molar-refractivity contribution in [1.82, 2.24) is 20.1 Å². The van der Waals surface area contributed by atoms with E-state index < -0.39 is 5.54 Å². The van der Waals surface area contributed by atoms with E-state index in [9.17, 15) is 10.1 Å². The summed E-state index contributed by atoms with van der Waals surface area (Å²) in [5.74, 6) is 1.55. The van der Waals surface area contributed by atoms with Crippen LogP contribution in [0.15, 0.2) is 29.4 Å². The molecule has 0 bridgehead atoms. The van der Waals surface area contributed by atoms with Gasteiger partial charge in [0.15, 0.2) is 11.0 Å². The SMILES string of the molecule is CCCCn1c(SCC(=O)N[C@](C)(C#N)C(C)C)nnc1-c1ccc(OC)cc1. The van der Waals surface area contributed by atoms with Gasteiger partial charge in [-0.3, -0.25) is 4.79 Å². The quantitative estimate of drug-likeness (QED) is 0.592. The first-order chi connectivity index (χ1) is 13.8. The van der Waals surface area contributed by atoms with Crippen LogP contribution in [-0.4, -0.2) is 39.1 Å². The molecule has 0 aliphatic carbocycles. The Morgan fingerprint density at radius 1 is 1.34 bits per heavy atom. The molecule has 0 fully saturated rings. The second-order valence-corrected chi connectivity index (χ2v) is 8.29. The third kappa shape index (κ3) is 5.73. The minimum Gasteiger partial charge on any atom is -0.497 e. The van der Waals surface area contributed by atoms with Crippen LogP contribution in [0.3, 0.4) is 0 Å². The van der Waals surface area contributed by atoms with Gasteiger partial charge >= 0.3 is 0 Å². The van der Waals surface area contributed by atoms with Crippen LogP contribution in [0.5, 0.6) is 5.75 Å². The van der Waals surface area contributed by atoms with Gasteiger partial charge in [0.1, 0.15) is 11.3 Å². The van der Waals surface area contributed by atoms with Gasteiger partial charge in [-0.2, -0.15) is 5.26 Å². The molecule has 0 saturated carbocycles. The fraction of sp³-hybridized carbons (Fsp3) is 0.524.